The SMILES string of the molecule is O=C(O)c1cc(Cl)c(-c2c3cc(-c4ccccc4)c(=O)cc-3oc3cc(O)c(-c4ccccc4)cc23)c(C(=O)O)c1Cl. The molecule has 0 fully saturated rings. The Kier molecular flexibility index (Phi) is 6.69. The molecule has 9 heteroatoms. The van der Waals surface area contributed by atoms with E-state index in [1.807, 2.05) is 12.1 Å². The summed E-state index contributed by atoms with van der Waals surface area (Å²) in [5.74, 6) is -2.98. The Labute approximate surface area is 247 Å². The van der Waals surface area contributed by atoms with Gasteiger partial charge in [-0.2, -0.15) is 0 Å². The highest BCUT2D eigenvalue weighted by atomic mass is 35.5. The molecule has 1 aliphatic heterocycles. The summed E-state index contributed by atoms with van der Waals surface area (Å²) in [6.07, 6.45) is 0. The average Bonchev–Trinajstić information content (AvgIpc) is 2.97. The van der Waals surface area contributed by atoms with Gasteiger partial charge in [-0.3, -0.25) is 4.79 Å². The van der Waals surface area contributed by atoms with Crippen LogP contribution in [0.2, 0.25) is 10.0 Å². The third-order valence-corrected chi connectivity index (χ3v) is 7.71. The van der Waals surface area contributed by atoms with E-state index in [0.717, 1.165) is 6.07 Å². The average molecular weight is 597 g/mol. The highest BCUT2D eigenvalue weighted by Gasteiger charge is 2.30. The molecule has 1 aliphatic carbocycles. The number of carboxylic acids is 2. The van der Waals surface area contributed by atoms with Crippen molar-refractivity contribution in [2.45, 2.75) is 0 Å². The highest BCUT2D eigenvalue weighted by Crippen LogP contribution is 2.49. The van der Waals surface area contributed by atoms with Gasteiger partial charge >= 0.3 is 11.9 Å². The number of halogens is 2. The van der Waals surface area contributed by atoms with E-state index in [2.05, 4.69) is 0 Å². The second kappa shape index (κ2) is 10.4. The molecule has 0 amide bonds. The molecule has 0 spiro atoms. The normalized spacial score (nSPS) is 11.2. The lowest BCUT2D eigenvalue weighted by Crippen LogP contribution is -2.10. The van der Waals surface area contributed by atoms with Crippen LogP contribution in [0.1, 0.15) is 20.7 Å². The van der Waals surface area contributed by atoms with E-state index in [1.54, 1.807) is 60.7 Å². The Morgan fingerprint density at radius 2 is 1.31 bits per heavy atom. The van der Waals surface area contributed by atoms with Crippen LogP contribution < -0.4 is 5.43 Å². The summed E-state index contributed by atoms with van der Waals surface area (Å²) in [7, 11) is 0. The monoisotopic (exact) mass is 596 g/mol. The summed E-state index contributed by atoms with van der Waals surface area (Å²) in [5.41, 5.74) is 1.31. The number of aromatic hydroxyl groups is 1. The molecule has 0 aromatic heterocycles. The van der Waals surface area contributed by atoms with Crippen LogP contribution in [0, 0.1) is 0 Å². The zero-order chi connectivity index (χ0) is 29.7. The largest absolute Gasteiger partial charge is 0.507 e. The second-order valence-corrected chi connectivity index (χ2v) is 10.3. The number of hydrogen-bond donors (Lipinski definition) is 3. The van der Waals surface area contributed by atoms with Crippen molar-refractivity contribution in [3.05, 3.63) is 122 Å². The number of aromatic carboxylic acids is 2. The molecule has 1 heterocycles. The van der Waals surface area contributed by atoms with Crippen molar-refractivity contribution in [2.75, 3.05) is 0 Å². The smallest absolute Gasteiger partial charge is 0.337 e. The van der Waals surface area contributed by atoms with Crippen LogP contribution in [0.4, 0.5) is 0 Å². The number of rotatable bonds is 5. The quantitative estimate of drug-likeness (QED) is 0.171. The molecule has 6 rings (SSSR count). The van der Waals surface area contributed by atoms with Crippen LogP contribution in [-0.2, 0) is 0 Å². The van der Waals surface area contributed by atoms with Crippen molar-refractivity contribution in [3.63, 3.8) is 0 Å². The fraction of sp³-hybridized carbons (Fsp3) is 0. The van der Waals surface area contributed by atoms with Gasteiger partial charge in [0, 0.05) is 45.3 Å². The predicted molar refractivity (Wildman–Crippen MR) is 161 cm³/mol. The van der Waals surface area contributed by atoms with E-state index in [1.165, 1.54) is 12.1 Å². The minimum absolute atomic E-state index is 0.0627. The van der Waals surface area contributed by atoms with Gasteiger partial charge in [-0.15, -0.1) is 0 Å². The standard InChI is InChI=1S/C33H18Cl2O7/c34-23-13-22(32(38)39)31(35)30(33(40)41)29(23)28-20-11-18(16-7-3-1-4-8-16)24(36)14-26(20)42-27-15-25(37)19(12-21(27)28)17-9-5-2-6-10-17/h1-15,36H,(H,38,39)(H,40,41). The highest BCUT2D eigenvalue weighted by molar-refractivity contribution is 6.41. The molecule has 4 aromatic carbocycles. The van der Waals surface area contributed by atoms with Crippen LogP contribution in [0.3, 0.4) is 0 Å². The molecule has 206 valence electrons. The van der Waals surface area contributed by atoms with E-state index in [4.69, 9.17) is 27.6 Å². The van der Waals surface area contributed by atoms with Gasteiger partial charge in [0.25, 0.3) is 0 Å². The Bertz CT molecular complexity index is 2080. The van der Waals surface area contributed by atoms with E-state index >= 15 is 0 Å². The first-order valence-electron chi connectivity index (χ1n) is 12.5. The van der Waals surface area contributed by atoms with E-state index in [0.29, 0.717) is 33.2 Å². The predicted octanol–water partition coefficient (Wildman–Crippen LogP) is 8.31. The molecule has 0 unspecified atom stereocenters. The van der Waals surface area contributed by atoms with Crippen molar-refractivity contribution in [3.8, 4) is 50.5 Å². The number of phenolic OH excluding ortho intramolecular Hbond substituents is 1. The zero-order valence-electron chi connectivity index (χ0n) is 21.4. The van der Waals surface area contributed by atoms with Gasteiger partial charge in [0.15, 0.2) is 5.43 Å². The lowest BCUT2D eigenvalue weighted by atomic mass is 9.87. The third kappa shape index (κ3) is 4.45. The number of phenols is 1. The fourth-order valence-corrected chi connectivity index (χ4v) is 5.75. The molecule has 0 radical (unpaired) electrons. The first-order valence-corrected chi connectivity index (χ1v) is 13.3. The molecule has 0 atom stereocenters. The summed E-state index contributed by atoms with van der Waals surface area (Å²) in [6, 6.07) is 24.9. The maximum atomic E-state index is 13.2. The lowest BCUT2D eigenvalue weighted by molar-refractivity contribution is 0.0696. The molecule has 7 nitrogen and oxygen atoms in total. The lowest BCUT2D eigenvalue weighted by Gasteiger charge is -2.21. The fourth-order valence-electron chi connectivity index (χ4n) is 5.14. The van der Waals surface area contributed by atoms with Crippen molar-refractivity contribution in [1.82, 2.24) is 0 Å². The summed E-state index contributed by atoms with van der Waals surface area (Å²) in [6.45, 7) is 0. The summed E-state index contributed by atoms with van der Waals surface area (Å²) < 4.78 is 6.11. The van der Waals surface area contributed by atoms with Crippen LogP contribution in [0.5, 0.6) is 5.75 Å². The zero-order valence-corrected chi connectivity index (χ0v) is 22.9. The number of hydrogen-bond acceptors (Lipinski definition) is 5. The third-order valence-electron chi connectivity index (χ3n) is 7.02. The van der Waals surface area contributed by atoms with Crippen LogP contribution >= 0.6 is 23.2 Å². The molecule has 0 saturated heterocycles. The first-order chi connectivity index (χ1) is 20.2. The minimum Gasteiger partial charge on any atom is -0.507 e. The Balaban J connectivity index is 1.84. The van der Waals surface area contributed by atoms with Gasteiger partial charge in [-0.25, -0.2) is 9.59 Å². The Morgan fingerprint density at radius 3 is 1.90 bits per heavy atom. The van der Waals surface area contributed by atoms with Gasteiger partial charge < -0.3 is 19.7 Å². The summed E-state index contributed by atoms with van der Waals surface area (Å²) in [4.78, 5) is 37.8. The van der Waals surface area contributed by atoms with E-state index in [-0.39, 0.29) is 38.7 Å². The Hall–Kier alpha value is -5.11. The van der Waals surface area contributed by atoms with Gasteiger partial charge in [0.1, 0.15) is 17.1 Å². The number of fused-ring (bicyclic) bond motifs is 2. The van der Waals surface area contributed by atoms with Crippen LogP contribution in [-0.4, -0.2) is 27.3 Å². The molecule has 0 bridgehead atoms. The van der Waals surface area contributed by atoms with Gasteiger partial charge in [0.2, 0.25) is 0 Å². The number of carbonyl (C=O) groups is 2. The summed E-state index contributed by atoms with van der Waals surface area (Å²) in [5, 5.41) is 30.6. The molecule has 0 saturated carbocycles. The van der Waals surface area contributed by atoms with Crippen molar-refractivity contribution in [1.29, 1.82) is 0 Å². The van der Waals surface area contributed by atoms with Gasteiger partial charge in [0.05, 0.1) is 21.2 Å². The maximum absolute atomic E-state index is 13.2. The number of benzene rings is 5. The van der Waals surface area contributed by atoms with E-state index < -0.39 is 28.1 Å². The molecule has 4 aromatic rings. The van der Waals surface area contributed by atoms with Gasteiger partial charge in [-0.1, -0.05) is 83.9 Å². The van der Waals surface area contributed by atoms with Crippen LogP contribution in [0.15, 0.2) is 100 Å². The Morgan fingerprint density at radius 1 is 0.690 bits per heavy atom. The van der Waals surface area contributed by atoms with Gasteiger partial charge in [-0.05, 0) is 29.3 Å². The van der Waals surface area contributed by atoms with Crippen molar-refractivity contribution in [2.24, 2.45) is 0 Å². The van der Waals surface area contributed by atoms with Crippen LogP contribution in [0.25, 0.3) is 55.7 Å². The molecular weight excluding hydrogens is 579 g/mol. The summed E-state index contributed by atoms with van der Waals surface area (Å²) >= 11 is 13.1. The molecular formula is C33H18Cl2O7. The first kappa shape index (κ1) is 27.1. The van der Waals surface area contributed by atoms with Crippen molar-refractivity contribution < 1.29 is 29.3 Å². The molecule has 42 heavy (non-hydrogen) atoms. The van der Waals surface area contributed by atoms with Crippen molar-refractivity contribution >= 4 is 46.1 Å². The molecule has 2 aliphatic rings. The second-order valence-electron chi connectivity index (χ2n) is 9.50. The minimum atomic E-state index is -1.51. The maximum Gasteiger partial charge on any atom is 0.337 e. The molecule has 3 N–H and O–H groups in total. The topological polar surface area (TPSA) is 125 Å². The number of carboxylic acid groups (broad SMARTS) is 2. The van der Waals surface area contributed by atoms with E-state index in [9.17, 15) is 29.7 Å².